The molecule has 0 amide bonds. The van der Waals surface area contributed by atoms with E-state index in [1.807, 2.05) is 25.1 Å². The third-order valence-electron chi connectivity index (χ3n) is 2.80. The predicted molar refractivity (Wildman–Crippen MR) is 69.1 cm³/mol. The number of hydrogen-bond donors (Lipinski definition) is 1. The summed E-state index contributed by atoms with van der Waals surface area (Å²) < 4.78 is 15.6. The molecule has 2 aromatic rings. The number of benzene rings is 1. The summed E-state index contributed by atoms with van der Waals surface area (Å²) in [5, 5.41) is 7.49. The molecule has 1 aromatic carbocycles. The fraction of sp³-hybridized carbons (Fsp3) is 0.385. The van der Waals surface area contributed by atoms with Crippen molar-refractivity contribution in [2.24, 2.45) is 5.73 Å². The topological polar surface area (TPSA) is 83.4 Å². The number of nitrogens with zero attached hydrogens (tertiary/aromatic N) is 2. The first kappa shape index (κ1) is 13.4. The molecule has 0 saturated heterocycles. The van der Waals surface area contributed by atoms with E-state index < -0.39 is 0 Å². The van der Waals surface area contributed by atoms with E-state index in [0.29, 0.717) is 18.8 Å². The molecule has 0 fully saturated rings. The Morgan fingerprint density at radius 2 is 2.16 bits per heavy atom. The van der Waals surface area contributed by atoms with Crippen molar-refractivity contribution in [2.75, 3.05) is 13.7 Å². The van der Waals surface area contributed by atoms with E-state index in [9.17, 15) is 0 Å². The number of aryl methyl sites for hydroxylation is 1. The zero-order valence-electron chi connectivity index (χ0n) is 11.0. The highest BCUT2D eigenvalue weighted by Gasteiger charge is 2.09. The second-order valence-corrected chi connectivity index (χ2v) is 4.10. The Balaban J connectivity index is 2.15. The lowest BCUT2D eigenvalue weighted by Gasteiger charge is -2.11. The normalized spacial score (nSPS) is 10.5. The van der Waals surface area contributed by atoms with Crippen molar-refractivity contribution in [3.8, 4) is 11.5 Å². The molecule has 2 rings (SSSR count). The van der Waals surface area contributed by atoms with Gasteiger partial charge in [0.05, 0.1) is 7.11 Å². The van der Waals surface area contributed by atoms with Gasteiger partial charge in [0.25, 0.3) is 0 Å². The highest BCUT2D eigenvalue weighted by atomic mass is 16.6. The predicted octanol–water partition coefficient (Wildman–Crippen LogP) is 1.47. The van der Waals surface area contributed by atoms with E-state index in [0.717, 1.165) is 29.2 Å². The Kier molecular flexibility index (Phi) is 4.35. The van der Waals surface area contributed by atoms with Crippen LogP contribution in [0.5, 0.6) is 11.5 Å². The van der Waals surface area contributed by atoms with Crippen molar-refractivity contribution >= 4 is 0 Å². The molecule has 1 aromatic heterocycles. The van der Waals surface area contributed by atoms with Gasteiger partial charge < -0.3 is 15.2 Å². The number of nitrogens with two attached hydrogens (primary N) is 1. The van der Waals surface area contributed by atoms with Gasteiger partial charge in [0, 0.05) is 6.07 Å². The van der Waals surface area contributed by atoms with Gasteiger partial charge in [0.1, 0.15) is 29.5 Å². The van der Waals surface area contributed by atoms with Gasteiger partial charge in [-0.2, -0.15) is 0 Å². The highest BCUT2D eigenvalue weighted by molar-refractivity contribution is 5.41. The highest BCUT2D eigenvalue weighted by Crippen LogP contribution is 2.26. The first-order chi connectivity index (χ1) is 9.24. The average molecular weight is 263 g/mol. The molecular formula is C13H17N3O3. The fourth-order valence-corrected chi connectivity index (χ4v) is 1.68. The summed E-state index contributed by atoms with van der Waals surface area (Å²) >= 11 is 0. The Labute approximate surface area is 111 Å². The van der Waals surface area contributed by atoms with E-state index in [1.54, 1.807) is 7.11 Å². The summed E-state index contributed by atoms with van der Waals surface area (Å²) in [5.41, 5.74) is 8.04. The minimum Gasteiger partial charge on any atom is -0.497 e. The van der Waals surface area contributed by atoms with Crippen molar-refractivity contribution < 1.29 is 14.1 Å². The second-order valence-electron chi connectivity index (χ2n) is 4.10. The molecule has 0 unspecified atom stereocenters. The largest absolute Gasteiger partial charge is 0.497 e. The fourth-order valence-electron chi connectivity index (χ4n) is 1.68. The smallest absolute Gasteiger partial charge is 0.145 e. The number of rotatable bonds is 6. The first-order valence-corrected chi connectivity index (χ1v) is 6.02. The molecule has 1 heterocycles. The zero-order valence-corrected chi connectivity index (χ0v) is 11.0. The molecule has 0 aliphatic rings. The van der Waals surface area contributed by atoms with Crippen molar-refractivity contribution in [2.45, 2.75) is 20.0 Å². The number of hydrogen-bond acceptors (Lipinski definition) is 6. The van der Waals surface area contributed by atoms with Crippen LogP contribution in [-0.2, 0) is 13.0 Å². The van der Waals surface area contributed by atoms with Crippen LogP contribution in [0.15, 0.2) is 22.8 Å². The lowest BCUT2D eigenvalue weighted by Crippen LogP contribution is -2.06. The van der Waals surface area contributed by atoms with Gasteiger partial charge in [0.2, 0.25) is 0 Å². The molecule has 102 valence electrons. The monoisotopic (exact) mass is 263 g/mol. The van der Waals surface area contributed by atoms with Gasteiger partial charge in [0.15, 0.2) is 0 Å². The second kappa shape index (κ2) is 6.19. The molecule has 0 spiro atoms. The summed E-state index contributed by atoms with van der Waals surface area (Å²) in [6.45, 7) is 2.69. The summed E-state index contributed by atoms with van der Waals surface area (Å²) in [6.07, 6.45) is 0.745. The molecule has 19 heavy (non-hydrogen) atoms. The van der Waals surface area contributed by atoms with Gasteiger partial charge in [-0.15, -0.1) is 0 Å². The summed E-state index contributed by atoms with van der Waals surface area (Å²) in [6, 6.07) is 5.68. The Hall–Kier alpha value is -2.08. The maximum absolute atomic E-state index is 5.76. The van der Waals surface area contributed by atoms with Crippen LogP contribution in [0.3, 0.4) is 0 Å². The minimum atomic E-state index is 0.306. The molecule has 0 bridgehead atoms. The number of ether oxygens (including phenoxy) is 2. The van der Waals surface area contributed by atoms with Gasteiger partial charge in [-0.05, 0) is 31.5 Å². The number of methoxy groups -OCH3 is 1. The average Bonchev–Trinajstić information content (AvgIpc) is 2.83. The summed E-state index contributed by atoms with van der Waals surface area (Å²) in [7, 11) is 1.62. The van der Waals surface area contributed by atoms with Crippen molar-refractivity contribution in [1.29, 1.82) is 0 Å². The van der Waals surface area contributed by atoms with E-state index in [-0.39, 0.29) is 0 Å². The van der Waals surface area contributed by atoms with Gasteiger partial charge >= 0.3 is 0 Å². The maximum Gasteiger partial charge on any atom is 0.145 e. The Bertz CT molecular complexity index is 540. The Morgan fingerprint density at radius 1 is 1.32 bits per heavy atom. The lowest BCUT2D eigenvalue weighted by molar-refractivity contribution is 0.267. The molecule has 2 N–H and O–H groups in total. The number of aromatic nitrogens is 2. The molecule has 0 radical (unpaired) electrons. The van der Waals surface area contributed by atoms with Crippen LogP contribution in [0.1, 0.15) is 17.0 Å². The molecule has 0 saturated carbocycles. The van der Waals surface area contributed by atoms with Crippen molar-refractivity contribution in [3.05, 3.63) is 35.2 Å². The lowest BCUT2D eigenvalue weighted by atomic mass is 10.1. The van der Waals surface area contributed by atoms with Crippen LogP contribution in [0.2, 0.25) is 0 Å². The first-order valence-electron chi connectivity index (χ1n) is 6.02. The molecule has 0 atom stereocenters. The SMILES string of the molecule is COc1ccc(CCN)c(OCc2nonc2C)c1. The summed E-state index contributed by atoms with van der Waals surface area (Å²) in [5.74, 6) is 1.48. The van der Waals surface area contributed by atoms with Gasteiger partial charge in [-0.1, -0.05) is 16.4 Å². The van der Waals surface area contributed by atoms with E-state index in [2.05, 4.69) is 14.9 Å². The molecule has 6 nitrogen and oxygen atoms in total. The van der Waals surface area contributed by atoms with Crippen LogP contribution in [0, 0.1) is 6.92 Å². The standard InChI is InChI=1S/C13H17N3O3/c1-9-12(16-19-15-9)8-18-13-7-11(17-2)4-3-10(13)5-6-14/h3-4,7H,5-6,8,14H2,1-2H3. The van der Waals surface area contributed by atoms with Gasteiger partial charge in [-0.25, -0.2) is 4.63 Å². The van der Waals surface area contributed by atoms with Crippen molar-refractivity contribution in [3.63, 3.8) is 0 Å². The third kappa shape index (κ3) is 3.23. The van der Waals surface area contributed by atoms with E-state index in [1.165, 1.54) is 0 Å². The van der Waals surface area contributed by atoms with Crippen LogP contribution >= 0.6 is 0 Å². The van der Waals surface area contributed by atoms with Crippen molar-refractivity contribution in [1.82, 2.24) is 10.3 Å². The van der Waals surface area contributed by atoms with Gasteiger partial charge in [-0.3, -0.25) is 0 Å². The van der Waals surface area contributed by atoms with E-state index in [4.69, 9.17) is 15.2 Å². The quantitative estimate of drug-likeness (QED) is 0.849. The summed E-state index contributed by atoms with van der Waals surface area (Å²) in [4.78, 5) is 0. The molecular weight excluding hydrogens is 246 g/mol. The molecule has 0 aliphatic heterocycles. The minimum absolute atomic E-state index is 0.306. The maximum atomic E-state index is 5.76. The van der Waals surface area contributed by atoms with Crippen LogP contribution in [0.4, 0.5) is 0 Å². The van der Waals surface area contributed by atoms with Crippen LogP contribution < -0.4 is 15.2 Å². The molecule has 0 aliphatic carbocycles. The molecule has 6 heteroatoms. The van der Waals surface area contributed by atoms with Crippen LogP contribution in [0.25, 0.3) is 0 Å². The third-order valence-corrected chi connectivity index (χ3v) is 2.80. The zero-order chi connectivity index (χ0) is 13.7. The Morgan fingerprint density at radius 3 is 2.79 bits per heavy atom. The van der Waals surface area contributed by atoms with Crippen LogP contribution in [-0.4, -0.2) is 24.0 Å². The van der Waals surface area contributed by atoms with E-state index >= 15 is 0 Å².